The third-order valence-electron chi connectivity index (χ3n) is 6.53. The van der Waals surface area contributed by atoms with E-state index < -0.39 is 5.97 Å². The first-order valence-corrected chi connectivity index (χ1v) is 11.0. The van der Waals surface area contributed by atoms with Gasteiger partial charge < -0.3 is 15.3 Å². The topological polar surface area (TPSA) is 52.6 Å². The fourth-order valence-electron chi connectivity index (χ4n) is 4.54. The summed E-state index contributed by atoms with van der Waals surface area (Å²) in [4.78, 5) is 13.5. The molecule has 0 unspecified atom stereocenters. The van der Waals surface area contributed by atoms with E-state index in [-0.39, 0.29) is 0 Å². The second kappa shape index (κ2) is 9.55. The zero-order valence-corrected chi connectivity index (χ0v) is 17.1. The monoisotopic (exact) mass is 392 g/mol. The lowest BCUT2D eigenvalue weighted by Crippen LogP contribution is -2.38. The van der Waals surface area contributed by atoms with Crippen molar-refractivity contribution < 1.29 is 9.90 Å². The van der Waals surface area contributed by atoms with Crippen molar-refractivity contribution in [3.05, 3.63) is 71.3 Å². The number of carbonyl (C=O) groups is 1. The van der Waals surface area contributed by atoms with Crippen LogP contribution in [0.4, 0.5) is 0 Å². The molecule has 4 nitrogen and oxygen atoms in total. The molecule has 1 aliphatic carbocycles. The van der Waals surface area contributed by atoms with Gasteiger partial charge in [0, 0.05) is 12.0 Å². The molecule has 1 aliphatic heterocycles. The van der Waals surface area contributed by atoms with Gasteiger partial charge in [0.2, 0.25) is 0 Å². The quantitative estimate of drug-likeness (QED) is 0.672. The average molecular weight is 393 g/mol. The second-order valence-electron chi connectivity index (χ2n) is 8.66. The van der Waals surface area contributed by atoms with Gasteiger partial charge in [-0.1, -0.05) is 42.5 Å². The molecule has 2 aliphatic rings. The molecule has 1 saturated carbocycles. The Morgan fingerprint density at radius 2 is 1.76 bits per heavy atom. The van der Waals surface area contributed by atoms with Gasteiger partial charge in [-0.05, 0) is 87.5 Å². The van der Waals surface area contributed by atoms with Crippen molar-refractivity contribution in [2.75, 3.05) is 26.2 Å². The van der Waals surface area contributed by atoms with Crippen molar-refractivity contribution >= 4 is 5.97 Å². The summed E-state index contributed by atoms with van der Waals surface area (Å²) >= 11 is 0. The summed E-state index contributed by atoms with van der Waals surface area (Å²) in [5, 5.41) is 12.8. The smallest absolute Gasteiger partial charge is 0.335 e. The number of benzene rings is 2. The van der Waals surface area contributed by atoms with Crippen LogP contribution in [0.5, 0.6) is 0 Å². The fraction of sp³-hybridized carbons (Fsp3) is 0.480. The Morgan fingerprint density at radius 1 is 1.03 bits per heavy atom. The molecule has 0 spiro atoms. The number of likely N-dealkylation sites (tertiary alicyclic amines) is 1. The van der Waals surface area contributed by atoms with Crippen molar-refractivity contribution in [1.29, 1.82) is 0 Å². The summed E-state index contributed by atoms with van der Waals surface area (Å²) in [6.45, 7) is 4.71. The Kier molecular flexibility index (Phi) is 6.63. The van der Waals surface area contributed by atoms with Gasteiger partial charge in [0.1, 0.15) is 0 Å². The molecule has 0 aromatic heterocycles. The van der Waals surface area contributed by atoms with E-state index in [1.807, 2.05) is 12.1 Å². The summed E-state index contributed by atoms with van der Waals surface area (Å²) < 4.78 is 0. The Bertz CT molecular complexity index is 782. The zero-order chi connectivity index (χ0) is 20.1. The van der Waals surface area contributed by atoms with Crippen LogP contribution in [-0.4, -0.2) is 48.2 Å². The lowest BCUT2D eigenvalue weighted by molar-refractivity contribution is 0.0697. The number of aryl methyl sites for hydroxylation is 1. The highest BCUT2D eigenvalue weighted by Gasteiger charge is 2.38. The highest BCUT2D eigenvalue weighted by molar-refractivity contribution is 5.87. The Morgan fingerprint density at radius 3 is 2.45 bits per heavy atom. The summed E-state index contributed by atoms with van der Waals surface area (Å²) in [7, 11) is 0. The van der Waals surface area contributed by atoms with Crippen molar-refractivity contribution in [3.8, 4) is 0 Å². The molecule has 154 valence electrons. The molecule has 2 aromatic rings. The van der Waals surface area contributed by atoms with E-state index >= 15 is 0 Å². The number of piperidine rings is 1. The molecule has 2 N–H and O–H groups in total. The van der Waals surface area contributed by atoms with Crippen LogP contribution in [0.15, 0.2) is 54.6 Å². The first-order chi connectivity index (χ1) is 14.2. The van der Waals surface area contributed by atoms with Crippen LogP contribution >= 0.6 is 0 Å². The summed E-state index contributed by atoms with van der Waals surface area (Å²) in [5.74, 6) is 0.680. The maximum atomic E-state index is 10.9. The number of hydrogen-bond donors (Lipinski definition) is 2. The number of carboxylic acids is 1. The minimum Gasteiger partial charge on any atom is -0.478 e. The van der Waals surface area contributed by atoms with E-state index in [0.717, 1.165) is 37.8 Å². The van der Waals surface area contributed by atoms with Crippen LogP contribution in [0.25, 0.3) is 0 Å². The third-order valence-corrected chi connectivity index (χ3v) is 6.53. The first-order valence-electron chi connectivity index (χ1n) is 11.0. The molecule has 4 rings (SSSR count). The van der Waals surface area contributed by atoms with E-state index in [2.05, 4.69) is 40.5 Å². The van der Waals surface area contributed by atoms with Crippen molar-refractivity contribution in [2.45, 2.75) is 44.1 Å². The minimum atomic E-state index is -0.855. The van der Waals surface area contributed by atoms with Gasteiger partial charge in [-0.15, -0.1) is 0 Å². The molecule has 1 heterocycles. The van der Waals surface area contributed by atoms with Gasteiger partial charge in [-0.2, -0.15) is 0 Å². The highest BCUT2D eigenvalue weighted by atomic mass is 16.4. The first kappa shape index (κ1) is 20.1. The zero-order valence-electron chi connectivity index (χ0n) is 17.1. The van der Waals surface area contributed by atoms with E-state index in [1.165, 1.54) is 43.5 Å². The maximum Gasteiger partial charge on any atom is 0.335 e. The van der Waals surface area contributed by atoms with Crippen LogP contribution in [0, 0.1) is 5.92 Å². The summed E-state index contributed by atoms with van der Waals surface area (Å²) in [6, 6.07) is 18.9. The maximum absolute atomic E-state index is 10.9. The van der Waals surface area contributed by atoms with Crippen molar-refractivity contribution in [3.63, 3.8) is 0 Å². The standard InChI is InChI=1S/C25H32N2O2/c28-25(29)22-10-8-19(9-11-22)5-4-14-27-15-12-20(13-16-27)18-26-24-17-23(24)21-6-2-1-3-7-21/h1-3,6-11,20,23-24,26H,4-5,12-18H2,(H,28,29)/t23-,24+/m1/s1. The molecule has 4 heteroatoms. The molecule has 0 amide bonds. The fourth-order valence-corrected chi connectivity index (χ4v) is 4.54. The average Bonchev–Trinajstić information content (AvgIpc) is 3.54. The normalized spacial score (nSPS) is 22.5. The lowest BCUT2D eigenvalue weighted by atomic mass is 9.96. The van der Waals surface area contributed by atoms with Crippen LogP contribution < -0.4 is 5.32 Å². The van der Waals surface area contributed by atoms with E-state index in [1.54, 1.807) is 12.1 Å². The van der Waals surface area contributed by atoms with E-state index in [9.17, 15) is 4.79 Å². The number of nitrogens with one attached hydrogen (secondary N) is 1. The van der Waals surface area contributed by atoms with Crippen LogP contribution in [0.3, 0.4) is 0 Å². The lowest BCUT2D eigenvalue weighted by Gasteiger charge is -2.32. The number of nitrogens with zero attached hydrogens (tertiary/aromatic N) is 1. The number of rotatable bonds is 9. The number of aromatic carboxylic acids is 1. The molecule has 0 radical (unpaired) electrons. The van der Waals surface area contributed by atoms with Crippen LogP contribution in [-0.2, 0) is 6.42 Å². The van der Waals surface area contributed by atoms with Crippen LogP contribution in [0.2, 0.25) is 0 Å². The molecule has 1 saturated heterocycles. The van der Waals surface area contributed by atoms with Gasteiger partial charge in [0.15, 0.2) is 0 Å². The van der Waals surface area contributed by atoms with E-state index in [4.69, 9.17) is 5.11 Å². The second-order valence-corrected chi connectivity index (χ2v) is 8.66. The minimum absolute atomic E-state index is 0.366. The van der Waals surface area contributed by atoms with Crippen molar-refractivity contribution in [1.82, 2.24) is 10.2 Å². The molecule has 2 atom stereocenters. The molecule has 29 heavy (non-hydrogen) atoms. The van der Waals surface area contributed by atoms with E-state index in [0.29, 0.717) is 11.6 Å². The molecular formula is C25H32N2O2. The number of carboxylic acid groups (broad SMARTS) is 1. The predicted molar refractivity (Wildman–Crippen MR) is 116 cm³/mol. The molecule has 0 bridgehead atoms. The molecule has 2 aromatic carbocycles. The Balaban J connectivity index is 1.09. The molecular weight excluding hydrogens is 360 g/mol. The predicted octanol–water partition coefficient (Wildman–Crippen LogP) is 4.18. The Labute approximate surface area is 173 Å². The highest BCUT2D eigenvalue weighted by Crippen LogP contribution is 2.40. The third kappa shape index (κ3) is 5.68. The van der Waals surface area contributed by atoms with Gasteiger partial charge in [-0.25, -0.2) is 4.79 Å². The van der Waals surface area contributed by atoms with Gasteiger partial charge in [0.25, 0.3) is 0 Å². The SMILES string of the molecule is O=C(O)c1ccc(CCCN2CCC(CN[C@H]3C[C@@H]3c3ccccc3)CC2)cc1. The molecule has 2 fully saturated rings. The summed E-state index contributed by atoms with van der Waals surface area (Å²) in [6.07, 6.45) is 6.03. The van der Waals surface area contributed by atoms with Crippen LogP contribution in [0.1, 0.15) is 53.1 Å². The summed E-state index contributed by atoms with van der Waals surface area (Å²) in [5.41, 5.74) is 3.08. The number of hydrogen-bond acceptors (Lipinski definition) is 3. The van der Waals surface area contributed by atoms with Gasteiger partial charge >= 0.3 is 5.97 Å². The van der Waals surface area contributed by atoms with Crippen molar-refractivity contribution in [2.24, 2.45) is 5.92 Å². The largest absolute Gasteiger partial charge is 0.478 e. The Hall–Kier alpha value is -2.17. The van der Waals surface area contributed by atoms with Gasteiger partial charge in [0.05, 0.1) is 5.56 Å². The van der Waals surface area contributed by atoms with Gasteiger partial charge in [-0.3, -0.25) is 0 Å².